The maximum Gasteiger partial charge on any atom is 0.148 e. The van der Waals surface area contributed by atoms with Gasteiger partial charge in [0.2, 0.25) is 0 Å². The van der Waals surface area contributed by atoms with Gasteiger partial charge < -0.3 is 5.32 Å². The van der Waals surface area contributed by atoms with Crippen LogP contribution in [0.1, 0.15) is 11.1 Å². The van der Waals surface area contributed by atoms with E-state index in [0.29, 0.717) is 0 Å². The molecule has 0 spiro atoms. The van der Waals surface area contributed by atoms with Crippen LogP contribution in [0.2, 0.25) is 0 Å². The summed E-state index contributed by atoms with van der Waals surface area (Å²) in [5.41, 5.74) is 2.45. The SMILES string of the molecule is Cc1cnnc(NCCc2ccccc2)c1. The van der Waals surface area contributed by atoms with Crippen molar-refractivity contribution in [3.63, 3.8) is 0 Å². The number of hydrogen-bond acceptors (Lipinski definition) is 3. The Bertz CT molecular complexity index is 440. The first-order valence-electron chi connectivity index (χ1n) is 5.42. The highest BCUT2D eigenvalue weighted by Gasteiger charge is 1.95. The van der Waals surface area contributed by atoms with Crippen molar-refractivity contribution in [2.24, 2.45) is 0 Å². The van der Waals surface area contributed by atoms with Gasteiger partial charge in [-0.3, -0.25) is 0 Å². The van der Waals surface area contributed by atoms with Crippen LogP contribution in [0, 0.1) is 6.92 Å². The third-order valence-corrected chi connectivity index (χ3v) is 2.35. The average Bonchev–Trinajstić information content (AvgIpc) is 2.30. The van der Waals surface area contributed by atoms with Crippen molar-refractivity contribution in [2.75, 3.05) is 11.9 Å². The zero-order valence-electron chi connectivity index (χ0n) is 9.35. The summed E-state index contributed by atoms with van der Waals surface area (Å²) in [6, 6.07) is 12.4. The first kappa shape index (κ1) is 10.6. The summed E-state index contributed by atoms with van der Waals surface area (Å²) in [5, 5.41) is 11.2. The van der Waals surface area contributed by atoms with Gasteiger partial charge in [-0.1, -0.05) is 30.3 Å². The van der Waals surface area contributed by atoms with Crippen molar-refractivity contribution >= 4 is 5.82 Å². The summed E-state index contributed by atoms with van der Waals surface area (Å²) in [4.78, 5) is 0. The largest absolute Gasteiger partial charge is 0.368 e. The van der Waals surface area contributed by atoms with Crippen LogP contribution >= 0.6 is 0 Å². The summed E-state index contributed by atoms with van der Waals surface area (Å²) in [5.74, 6) is 0.843. The maximum atomic E-state index is 4.01. The predicted molar refractivity (Wildman–Crippen MR) is 65.4 cm³/mol. The molecular formula is C13H15N3. The lowest BCUT2D eigenvalue weighted by molar-refractivity contribution is 0.960. The Kier molecular flexibility index (Phi) is 3.49. The molecular weight excluding hydrogens is 198 g/mol. The second-order valence-corrected chi connectivity index (χ2v) is 3.78. The van der Waals surface area contributed by atoms with E-state index in [1.807, 2.05) is 19.1 Å². The van der Waals surface area contributed by atoms with E-state index < -0.39 is 0 Å². The zero-order valence-corrected chi connectivity index (χ0v) is 9.35. The first-order chi connectivity index (χ1) is 7.84. The van der Waals surface area contributed by atoms with E-state index in [-0.39, 0.29) is 0 Å². The zero-order chi connectivity index (χ0) is 11.2. The fraction of sp³-hybridized carbons (Fsp3) is 0.231. The van der Waals surface area contributed by atoms with Crippen LogP contribution in [0.15, 0.2) is 42.6 Å². The molecule has 1 aromatic heterocycles. The van der Waals surface area contributed by atoms with Gasteiger partial charge in [-0.05, 0) is 30.5 Å². The molecule has 0 bridgehead atoms. The number of rotatable bonds is 4. The molecule has 0 aliphatic rings. The molecule has 1 heterocycles. The van der Waals surface area contributed by atoms with Crippen LogP contribution in [-0.4, -0.2) is 16.7 Å². The monoisotopic (exact) mass is 213 g/mol. The van der Waals surface area contributed by atoms with E-state index in [4.69, 9.17) is 0 Å². The summed E-state index contributed by atoms with van der Waals surface area (Å²) >= 11 is 0. The molecule has 0 saturated carbocycles. The molecule has 1 N–H and O–H groups in total. The van der Waals surface area contributed by atoms with Gasteiger partial charge in [0.25, 0.3) is 0 Å². The van der Waals surface area contributed by atoms with Gasteiger partial charge in [-0.25, -0.2) is 0 Å². The third kappa shape index (κ3) is 3.05. The predicted octanol–water partition coefficient (Wildman–Crippen LogP) is 2.44. The minimum absolute atomic E-state index is 0.843. The van der Waals surface area contributed by atoms with Gasteiger partial charge in [0.05, 0.1) is 6.20 Å². The summed E-state index contributed by atoms with van der Waals surface area (Å²) < 4.78 is 0. The normalized spacial score (nSPS) is 10.1. The molecule has 2 aromatic rings. The van der Waals surface area contributed by atoms with Crippen molar-refractivity contribution in [1.82, 2.24) is 10.2 Å². The van der Waals surface area contributed by atoms with Crippen molar-refractivity contribution in [1.29, 1.82) is 0 Å². The highest BCUT2D eigenvalue weighted by Crippen LogP contribution is 2.04. The lowest BCUT2D eigenvalue weighted by atomic mass is 10.1. The fourth-order valence-corrected chi connectivity index (χ4v) is 1.53. The molecule has 0 saturated heterocycles. The Morgan fingerprint density at radius 1 is 1.19 bits per heavy atom. The van der Waals surface area contributed by atoms with Crippen LogP contribution in [0.3, 0.4) is 0 Å². The van der Waals surface area contributed by atoms with Crippen molar-refractivity contribution in [3.8, 4) is 0 Å². The number of nitrogens with zero attached hydrogens (tertiary/aromatic N) is 2. The molecule has 0 fully saturated rings. The lowest BCUT2D eigenvalue weighted by Crippen LogP contribution is -2.06. The standard InChI is InChI=1S/C13H15N3/c1-11-9-13(16-15-10-11)14-8-7-12-5-3-2-4-6-12/h2-6,9-10H,7-8H2,1H3,(H,14,16). The minimum Gasteiger partial charge on any atom is -0.368 e. The molecule has 82 valence electrons. The molecule has 0 aliphatic heterocycles. The Morgan fingerprint density at radius 3 is 2.75 bits per heavy atom. The van der Waals surface area contributed by atoms with E-state index in [2.05, 4.69) is 39.8 Å². The molecule has 0 aliphatic carbocycles. The number of benzene rings is 1. The average molecular weight is 213 g/mol. The number of aryl methyl sites for hydroxylation is 1. The van der Waals surface area contributed by atoms with Crippen molar-refractivity contribution in [2.45, 2.75) is 13.3 Å². The Balaban J connectivity index is 1.85. The van der Waals surface area contributed by atoms with Crippen LogP contribution < -0.4 is 5.32 Å². The second-order valence-electron chi connectivity index (χ2n) is 3.78. The van der Waals surface area contributed by atoms with E-state index in [1.165, 1.54) is 5.56 Å². The third-order valence-electron chi connectivity index (χ3n) is 2.35. The van der Waals surface area contributed by atoms with Gasteiger partial charge in [-0.2, -0.15) is 5.10 Å². The van der Waals surface area contributed by atoms with Crippen LogP contribution in [0.25, 0.3) is 0 Å². The van der Waals surface area contributed by atoms with Crippen molar-refractivity contribution in [3.05, 3.63) is 53.7 Å². The summed E-state index contributed by atoms with van der Waals surface area (Å²) in [7, 11) is 0. The Labute approximate surface area is 95.5 Å². The van der Waals surface area contributed by atoms with Crippen molar-refractivity contribution < 1.29 is 0 Å². The summed E-state index contributed by atoms with van der Waals surface area (Å²) in [6.07, 6.45) is 2.75. The molecule has 16 heavy (non-hydrogen) atoms. The Morgan fingerprint density at radius 2 is 2.00 bits per heavy atom. The topological polar surface area (TPSA) is 37.8 Å². The highest BCUT2D eigenvalue weighted by atomic mass is 15.2. The number of aromatic nitrogens is 2. The molecule has 3 heteroatoms. The number of hydrogen-bond donors (Lipinski definition) is 1. The first-order valence-corrected chi connectivity index (χ1v) is 5.42. The maximum absolute atomic E-state index is 4.01. The van der Waals surface area contributed by atoms with Gasteiger partial charge in [-0.15, -0.1) is 5.10 Å². The lowest BCUT2D eigenvalue weighted by Gasteiger charge is -2.05. The molecule has 0 unspecified atom stereocenters. The van der Waals surface area contributed by atoms with E-state index >= 15 is 0 Å². The van der Waals surface area contributed by atoms with Crippen LogP contribution in [0.4, 0.5) is 5.82 Å². The van der Waals surface area contributed by atoms with E-state index in [9.17, 15) is 0 Å². The molecule has 2 rings (SSSR count). The fourth-order valence-electron chi connectivity index (χ4n) is 1.53. The smallest absolute Gasteiger partial charge is 0.148 e. The minimum atomic E-state index is 0.843. The van der Waals surface area contributed by atoms with E-state index in [0.717, 1.165) is 24.3 Å². The van der Waals surface area contributed by atoms with Gasteiger partial charge >= 0.3 is 0 Å². The van der Waals surface area contributed by atoms with Gasteiger partial charge in [0.15, 0.2) is 0 Å². The van der Waals surface area contributed by atoms with Gasteiger partial charge in [0, 0.05) is 6.54 Å². The molecule has 0 radical (unpaired) electrons. The second kappa shape index (κ2) is 5.26. The molecule has 0 atom stereocenters. The quantitative estimate of drug-likeness (QED) is 0.847. The number of anilines is 1. The Hall–Kier alpha value is -1.90. The number of nitrogens with one attached hydrogen (secondary N) is 1. The van der Waals surface area contributed by atoms with Crippen LogP contribution in [-0.2, 0) is 6.42 Å². The van der Waals surface area contributed by atoms with E-state index in [1.54, 1.807) is 6.20 Å². The molecule has 3 nitrogen and oxygen atoms in total. The molecule has 1 aromatic carbocycles. The highest BCUT2D eigenvalue weighted by molar-refractivity contribution is 5.35. The van der Waals surface area contributed by atoms with Gasteiger partial charge in [0.1, 0.15) is 5.82 Å². The molecule has 0 amide bonds. The summed E-state index contributed by atoms with van der Waals surface area (Å²) in [6.45, 7) is 2.89. The van der Waals surface area contributed by atoms with Crippen LogP contribution in [0.5, 0.6) is 0 Å².